The van der Waals surface area contributed by atoms with E-state index in [0.29, 0.717) is 25.2 Å². The van der Waals surface area contributed by atoms with Crippen LogP contribution in [0.1, 0.15) is 123 Å². The molecule has 1 aliphatic carbocycles. The molecule has 4 atom stereocenters. The summed E-state index contributed by atoms with van der Waals surface area (Å²) in [5.41, 5.74) is 1.50. The molecule has 1 unspecified atom stereocenters. The summed E-state index contributed by atoms with van der Waals surface area (Å²) in [5.74, 6) is -0.879. The second-order valence-corrected chi connectivity index (χ2v) is 13.8. The van der Waals surface area contributed by atoms with Gasteiger partial charge in [-0.05, 0) is 94.6 Å². The summed E-state index contributed by atoms with van der Waals surface area (Å²) >= 11 is 0. The Hall–Kier alpha value is -2.63. The third kappa shape index (κ3) is 12.0. The number of benzene rings is 1. The maximum Gasteiger partial charge on any atom is 0.309 e. The van der Waals surface area contributed by atoms with Crippen molar-refractivity contribution in [1.82, 2.24) is 10.6 Å². The summed E-state index contributed by atoms with van der Waals surface area (Å²) in [7, 11) is 1.59. The first-order valence-electron chi connectivity index (χ1n) is 15.7. The first-order chi connectivity index (χ1) is 19.2. The van der Waals surface area contributed by atoms with Crippen LogP contribution < -0.4 is 10.6 Å². The molecule has 2 rings (SSSR count). The lowest BCUT2D eigenvalue weighted by Gasteiger charge is -2.32. The Bertz CT molecular complexity index is 1000. The number of allylic oxidation sites excluding steroid dienone is 2. The summed E-state index contributed by atoms with van der Waals surface area (Å²) in [6.07, 6.45) is 13.5. The fraction of sp³-hybridized carbons (Fsp3) is 0.686. The zero-order valence-electron chi connectivity index (χ0n) is 27.0. The molecule has 1 aromatic carbocycles. The standard InChI is InChI=1S/C35H56N2O4/c1-9-10-15-29(33(40)41-35(5,6)7)24-28(31(38)37-30(32(39)36-8)34(2,3)4)23-20-25-18-21-27(22-19-25)26-16-13-11-12-14-17-26/h11,13,18-19,21-22,26,28-30H,9-10,12,14-17,20,23-24H2,1-8H3,(H,36,39)(H,37,38)/t26?,28-,29+,30-/m1/s1. The van der Waals surface area contributed by atoms with Crippen molar-refractivity contribution in [3.05, 3.63) is 47.5 Å². The van der Waals surface area contributed by atoms with E-state index in [1.807, 2.05) is 41.5 Å². The number of rotatable bonds is 13. The van der Waals surface area contributed by atoms with Crippen LogP contribution >= 0.6 is 0 Å². The average Bonchev–Trinajstić information content (AvgIpc) is 3.19. The van der Waals surface area contributed by atoms with E-state index in [9.17, 15) is 14.4 Å². The molecule has 0 radical (unpaired) electrons. The molecule has 1 aromatic rings. The Morgan fingerprint density at radius 1 is 0.951 bits per heavy atom. The average molecular weight is 569 g/mol. The summed E-state index contributed by atoms with van der Waals surface area (Å²) in [5, 5.41) is 5.73. The predicted molar refractivity (Wildman–Crippen MR) is 168 cm³/mol. The van der Waals surface area contributed by atoms with Crippen LogP contribution in [-0.4, -0.2) is 36.5 Å². The second kappa shape index (κ2) is 16.1. The molecule has 230 valence electrons. The van der Waals surface area contributed by atoms with Gasteiger partial charge in [0.2, 0.25) is 11.8 Å². The molecule has 6 heteroatoms. The second-order valence-electron chi connectivity index (χ2n) is 13.8. The maximum atomic E-state index is 13.8. The van der Waals surface area contributed by atoms with E-state index in [2.05, 4.69) is 54.0 Å². The Labute approximate surface area is 249 Å². The van der Waals surface area contributed by atoms with E-state index in [1.165, 1.54) is 24.0 Å². The number of unbranched alkanes of at least 4 members (excludes halogenated alkanes) is 1. The summed E-state index contributed by atoms with van der Waals surface area (Å²) in [4.78, 5) is 39.7. The topological polar surface area (TPSA) is 84.5 Å². The molecule has 0 spiro atoms. The van der Waals surface area contributed by atoms with E-state index in [1.54, 1.807) is 7.05 Å². The van der Waals surface area contributed by atoms with Gasteiger partial charge in [-0.15, -0.1) is 0 Å². The van der Waals surface area contributed by atoms with Crippen molar-refractivity contribution in [2.45, 2.75) is 130 Å². The van der Waals surface area contributed by atoms with Gasteiger partial charge >= 0.3 is 5.97 Å². The van der Waals surface area contributed by atoms with Crippen LogP contribution in [-0.2, 0) is 25.5 Å². The lowest BCUT2D eigenvalue weighted by atomic mass is 9.83. The minimum absolute atomic E-state index is 0.180. The Kier molecular flexibility index (Phi) is 13.6. The van der Waals surface area contributed by atoms with E-state index in [0.717, 1.165) is 32.1 Å². The fourth-order valence-corrected chi connectivity index (χ4v) is 5.53. The Morgan fingerprint density at radius 3 is 2.22 bits per heavy atom. The predicted octanol–water partition coefficient (Wildman–Crippen LogP) is 7.26. The lowest BCUT2D eigenvalue weighted by Crippen LogP contribution is -2.54. The van der Waals surface area contributed by atoms with Crippen LogP contribution in [0.5, 0.6) is 0 Å². The van der Waals surface area contributed by atoms with Gasteiger partial charge in [-0.2, -0.15) is 0 Å². The van der Waals surface area contributed by atoms with Crippen LogP contribution in [0.25, 0.3) is 0 Å². The zero-order valence-corrected chi connectivity index (χ0v) is 27.0. The molecule has 0 aliphatic heterocycles. The summed E-state index contributed by atoms with van der Waals surface area (Å²) in [6, 6.07) is 8.17. The van der Waals surface area contributed by atoms with Gasteiger partial charge in [0.15, 0.2) is 0 Å². The minimum atomic E-state index is -0.675. The number of carbonyl (C=O) groups is 3. The number of esters is 1. The quantitative estimate of drug-likeness (QED) is 0.194. The fourth-order valence-electron chi connectivity index (χ4n) is 5.53. The molecule has 2 amide bonds. The van der Waals surface area contributed by atoms with Crippen molar-refractivity contribution in [2.75, 3.05) is 7.05 Å². The molecule has 0 saturated carbocycles. The maximum absolute atomic E-state index is 13.8. The zero-order chi connectivity index (χ0) is 30.6. The highest BCUT2D eigenvalue weighted by molar-refractivity contribution is 5.89. The number of nitrogens with one attached hydrogen (secondary N) is 2. The van der Waals surface area contributed by atoms with E-state index in [4.69, 9.17) is 4.74 Å². The van der Waals surface area contributed by atoms with Gasteiger partial charge in [-0.1, -0.05) is 77.0 Å². The van der Waals surface area contributed by atoms with Crippen molar-refractivity contribution in [3.8, 4) is 0 Å². The number of likely N-dealkylation sites (N-methyl/N-ethyl adjacent to an activating group) is 1. The molecule has 0 fully saturated rings. The monoisotopic (exact) mass is 568 g/mol. The van der Waals surface area contributed by atoms with Gasteiger partial charge in [0, 0.05) is 13.0 Å². The van der Waals surface area contributed by atoms with E-state index < -0.39 is 23.0 Å². The number of ether oxygens (including phenoxy) is 1. The van der Waals surface area contributed by atoms with E-state index in [-0.39, 0.29) is 23.7 Å². The van der Waals surface area contributed by atoms with Gasteiger partial charge in [0.05, 0.1) is 5.92 Å². The molecule has 6 nitrogen and oxygen atoms in total. The van der Waals surface area contributed by atoms with Crippen molar-refractivity contribution >= 4 is 17.8 Å². The summed E-state index contributed by atoms with van der Waals surface area (Å²) in [6.45, 7) is 13.5. The molecule has 2 N–H and O–H groups in total. The number of aryl methyl sites for hydroxylation is 1. The van der Waals surface area contributed by atoms with Gasteiger partial charge in [0.1, 0.15) is 11.6 Å². The van der Waals surface area contributed by atoms with Crippen molar-refractivity contribution < 1.29 is 19.1 Å². The minimum Gasteiger partial charge on any atom is -0.460 e. The number of hydrogen-bond acceptors (Lipinski definition) is 4. The SMILES string of the molecule is CCCC[C@@H](C[C@@H](CCc1ccc(C2CC=CCCC2)cc1)C(=O)N[C@H](C(=O)NC)C(C)(C)C)C(=O)OC(C)(C)C. The van der Waals surface area contributed by atoms with Gasteiger partial charge in [0.25, 0.3) is 0 Å². The molecule has 1 aliphatic rings. The number of amides is 2. The van der Waals surface area contributed by atoms with Crippen molar-refractivity contribution in [3.63, 3.8) is 0 Å². The highest BCUT2D eigenvalue weighted by Gasteiger charge is 2.36. The van der Waals surface area contributed by atoms with Crippen LogP contribution in [0.2, 0.25) is 0 Å². The molecular formula is C35H56N2O4. The van der Waals surface area contributed by atoms with Crippen LogP contribution in [0, 0.1) is 17.3 Å². The molecule has 41 heavy (non-hydrogen) atoms. The van der Waals surface area contributed by atoms with Crippen LogP contribution in [0.4, 0.5) is 0 Å². The molecule has 0 aromatic heterocycles. The van der Waals surface area contributed by atoms with Crippen LogP contribution in [0.15, 0.2) is 36.4 Å². The third-order valence-electron chi connectivity index (χ3n) is 7.99. The third-order valence-corrected chi connectivity index (χ3v) is 7.99. The lowest BCUT2D eigenvalue weighted by molar-refractivity contribution is -0.161. The molecular weight excluding hydrogens is 512 g/mol. The molecule has 0 saturated heterocycles. The normalized spacial score (nSPS) is 18.1. The molecule has 0 bridgehead atoms. The van der Waals surface area contributed by atoms with Gasteiger partial charge in [-0.3, -0.25) is 14.4 Å². The van der Waals surface area contributed by atoms with Gasteiger partial charge < -0.3 is 15.4 Å². The van der Waals surface area contributed by atoms with Crippen molar-refractivity contribution in [1.29, 1.82) is 0 Å². The summed E-state index contributed by atoms with van der Waals surface area (Å²) < 4.78 is 5.77. The molecule has 0 heterocycles. The van der Waals surface area contributed by atoms with Gasteiger partial charge in [-0.25, -0.2) is 0 Å². The van der Waals surface area contributed by atoms with E-state index >= 15 is 0 Å². The largest absolute Gasteiger partial charge is 0.460 e. The smallest absolute Gasteiger partial charge is 0.309 e. The first kappa shape index (κ1) is 34.6. The highest BCUT2D eigenvalue weighted by Crippen LogP contribution is 2.30. The Morgan fingerprint density at radius 2 is 1.63 bits per heavy atom. The Balaban J connectivity index is 2.26. The van der Waals surface area contributed by atoms with Crippen LogP contribution in [0.3, 0.4) is 0 Å². The van der Waals surface area contributed by atoms with Crippen molar-refractivity contribution in [2.24, 2.45) is 17.3 Å². The number of hydrogen-bond donors (Lipinski definition) is 2. The highest BCUT2D eigenvalue weighted by atomic mass is 16.6. The first-order valence-corrected chi connectivity index (χ1v) is 15.7. The number of carbonyl (C=O) groups excluding carboxylic acids is 3.